The molecule has 0 radical (unpaired) electrons. The first kappa shape index (κ1) is 19.9. The lowest BCUT2D eigenvalue weighted by Crippen LogP contribution is -2.40. The highest BCUT2D eigenvalue weighted by molar-refractivity contribution is 5.86. The Morgan fingerprint density at radius 2 is 1.79 bits per heavy atom. The van der Waals surface area contributed by atoms with E-state index in [4.69, 9.17) is 5.73 Å². The van der Waals surface area contributed by atoms with Crippen LogP contribution < -0.4 is 16.4 Å². The predicted octanol–water partition coefficient (Wildman–Crippen LogP) is 2.29. The van der Waals surface area contributed by atoms with Gasteiger partial charge >= 0.3 is 0 Å². The number of fused-ring (bicyclic) bond motifs is 1. The van der Waals surface area contributed by atoms with Crippen molar-refractivity contribution in [1.82, 2.24) is 10.6 Å². The van der Waals surface area contributed by atoms with Crippen molar-refractivity contribution >= 4 is 35.0 Å². The number of nitrogens with one attached hydrogen (secondary N) is 2. The van der Waals surface area contributed by atoms with E-state index in [1.54, 1.807) is 0 Å². The maximum atomic E-state index is 12.0. The summed E-state index contributed by atoms with van der Waals surface area (Å²) in [5.41, 5.74) is 6.76. The zero-order valence-electron chi connectivity index (χ0n) is 13.7. The summed E-state index contributed by atoms with van der Waals surface area (Å²) in [4.78, 5) is 23.4. The van der Waals surface area contributed by atoms with Crippen LogP contribution in [0.5, 0.6) is 0 Å². The third-order valence-corrected chi connectivity index (χ3v) is 3.67. The van der Waals surface area contributed by atoms with E-state index in [9.17, 15) is 9.59 Å². The number of nitrogens with two attached hydrogens (primary N) is 1. The summed E-state index contributed by atoms with van der Waals surface area (Å²) in [6, 6.07) is 13.8. The average Bonchev–Trinajstić information content (AvgIpc) is 2.57. The third-order valence-electron chi connectivity index (χ3n) is 3.67. The first-order valence-electron chi connectivity index (χ1n) is 7.89. The Morgan fingerprint density at radius 1 is 1.08 bits per heavy atom. The molecule has 2 aromatic rings. The fourth-order valence-corrected chi connectivity index (χ4v) is 2.44. The Morgan fingerprint density at radius 3 is 2.46 bits per heavy atom. The molecule has 130 valence electrons. The number of carbonyl (C=O) groups is 2. The quantitative estimate of drug-likeness (QED) is 0.717. The lowest BCUT2D eigenvalue weighted by Gasteiger charge is -2.18. The highest BCUT2D eigenvalue weighted by atomic mass is 35.5. The highest BCUT2D eigenvalue weighted by Gasteiger charge is 2.14. The Balaban J connectivity index is 0.00000288. The molecule has 0 saturated carbocycles. The molecule has 0 aliphatic rings. The van der Waals surface area contributed by atoms with Gasteiger partial charge in [0.1, 0.15) is 0 Å². The van der Waals surface area contributed by atoms with Gasteiger partial charge in [0.15, 0.2) is 0 Å². The molecule has 5 nitrogen and oxygen atoms in total. The molecule has 0 spiro atoms. The van der Waals surface area contributed by atoms with Gasteiger partial charge in [0.05, 0.1) is 12.6 Å². The number of benzene rings is 2. The fourth-order valence-electron chi connectivity index (χ4n) is 2.44. The first-order chi connectivity index (χ1) is 11.1. The number of rotatable bonds is 7. The number of carbonyl (C=O) groups excluding carboxylic acids is 2. The van der Waals surface area contributed by atoms with Crippen LogP contribution in [-0.4, -0.2) is 24.9 Å². The van der Waals surface area contributed by atoms with Crippen molar-refractivity contribution in [2.75, 3.05) is 13.1 Å². The number of hydrogen-bond donors (Lipinski definition) is 3. The van der Waals surface area contributed by atoms with Crippen molar-refractivity contribution in [3.8, 4) is 0 Å². The van der Waals surface area contributed by atoms with Crippen molar-refractivity contribution in [3.05, 3.63) is 48.0 Å². The second-order valence-corrected chi connectivity index (χ2v) is 5.49. The second kappa shape index (κ2) is 9.90. The smallest absolute Gasteiger partial charge is 0.239 e. The Labute approximate surface area is 148 Å². The fraction of sp³-hybridized carbons (Fsp3) is 0.333. The zero-order chi connectivity index (χ0) is 16.7. The average molecular weight is 350 g/mol. The molecule has 0 fully saturated rings. The molecule has 1 atom stereocenters. The van der Waals surface area contributed by atoms with Crippen molar-refractivity contribution in [1.29, 1.82) is 0 Å². The molecule has 2 aromatic carbocycles. The maximum Gasteiger partial charge on any atom is 0.239 e. The molecule has 0 aliphatic heterocycles. The highest BCUT2D eigenvalue weighted by Crippen LogP contribution is 2.19. The Bertz CT molecular complexity index is 691. The van der Waals surface area contributed by atoms with Gasteiger partial charge in [-0.2, -0.15) is 0 Å². The van der Waals surface area contributed by atoms with E-state index in [1.165, 1.54) is 0 Å². The van der Waals surface area contributed by atoms with Crippen LogP contribution in [0.1, 0.15) is 31.4 Å². The molecule has 24 heavy (non-hydrogen) atoms. The molecule has 1 unspecified atom stereocenters. The summed E-state index contributed by atoms with van der Waals surface area (Å²) in [5.74, 6) is -0.351. The SMILES string of the molecule is CCCC(=O)NCC(=O)NC(CN)c1ccc2ccccc2c1.Cl. The monoisotopic (exact) mass is 349 g/mol. The molecule has 6 heteroatoms. The number of amides is 2. The summed E-state index contributed by atoms with van der Waals surface area (Å²) in [6.07, 6.45) is 1.19. The van der Waals surface area contributed by atoms with Gasteiger partial charge in [-0.15, -0.1) is 12.4 Å². The summed E-state index contributed by atoms with van der Waals surface area (Å²) < 4.78 is 0. The van der Waals surface area contributed by atoms with Gasteiger partial charge in [-0.1, -0.05) is 43.3 Å². The zero-order valence-corrected chi connectivity index (χ0v) is 14.6. The largest absolute Gasteiger partial charge is 0.347 e. The van der Waals surface area contributed by atoms with Gasteiger partial charge in [-0.05, 0) is 28.8 Å². The standard InChI is InChI=1S/C18H23N3O2.ClH/c1-2-5-17(22)20-12-18(23)21-16(11-19)15-9-8-13-6-3-4-7-14(13)10-15;/h3-4,6-10,16H,2,5,11-12,19H2,1H3,(H,20,22)(H,21,23);1H. The summed E-state index contributed by atoms with van der Waals surface area (Å²) >= 11 is 0. The molecule has 0 saturated heterocycles. The summed E-state index contributed by atoms with van der Waals surface area (Å²) in [5, 5.41) is 7.72. The molecule has 0 aliphatic carbocycles. The molecule has 0 heterocycles. The van der Waals surface area contributed by atoms with E-state index in [-0.39, 0.29) is 36.8 Å². The summed E-state index contributed by atoms with van der Waals surface area (Å²) in [7, 11) is 0. The van der Waals surface area contributed by atoms with Crippen LogP contribution in [0.4, 0.5) is 0 Å². The van der Waals surface area contributed by atoms with Gasteiger partial charge in [0.25, 0.3) is 0 Å². The minimum absolute atomic E-state index is 0. The molecule has 4 N–H and O–H groups in total. The molecular formula is C18H24ClN3O2. The third kappa shape index (κ3) is 5.51. The molecule has 0 aromatic heterocycles. The topological polar surface area (TPSA) is 84.2 Å². The molecule has 0 bridgehead atoms. The van der Waals surface area contributed by atoms with Crippen molar-refractivity contribution < 1.29 is 9.59 Å². The van der Waals surface area contributed by atoms with Gasteiger partial charge in [0.2, 0.25) is 11.8 Å². The van der Waals surface area contributed by atoms with Gasteiger partial charge in [0, 0.05) is 13.0 Å². The van der Waals surface area contributed by atoms with Gasteiger partial charge in [-0.25, -0.2) is 0 Å². The normalized spacial score (nSPS) is 11.4. The van der Waals surface area contributed by atoms with Crippen molar-refractivity contribution in [2.45, 2.75) is 25.8 Å². The van der Waals surface area contributed by atoms with Crippen LogP contribution in [-0.2, 0) is 9.59 Å². The second-order valence-electron chi connectivity index (χ2n) is 5.49. The number of halogens is 1. The summed E-state index contributed by atoms with van der Waals surface area (Å²) in [6.45, 7) is 2.19. The Hall–Kier alpha value is -2.11. The lowest BCUT2D eigenvalue weighted by atomic mass is 10.0. The van der Waals surface area contributed by atoms with E-state index in [0.29, 0.717) is 13.0 Å². The Kier molecular flexibility index (Phi) is 8.22. The minimum atomic E-state index is -0.268. The maximum absolute atomic E-state index is 12.0. The molecular weight excluding hydrogens is 326 g/mol. The van der Waals surface area contributed by atoms with Gasteiger partial charge in [-0.3, -0.25) is 9.59 Å². The van der Waals surface area contributed by atoms with Gasteiger partial charge < -0.3 is 16.4 Å². The lowest BCUT2D eigenvalue weighted by molar-refractivity contribution is -0.126. The molecule has 2 rings (SSSR count). The van der Waals surface area contributed by atoms with Crippen LogP contribution in [0.15, 0.2) is 42.5 Å². The van der Waals surface area contributed by atoms with E-state index < -0.39 is 0 Å². The van der Waals surface area contributed by atoms with Crippen LogP contribution in [0.25, 0.3) is 10.8 Å². The minimum Gasteiger partial charge on any atom is -0.347 e. The van der Waals surface area contributed by atoms with E-state index >= 15 is 0 Å². The van der Waals surface area contributed by atoms with Crippen molar-refractivity contribution in [3.63, 3.8) is 0 Å². The van der Waals surface area contributed by atoms with Crippen LogP contribution in [0, 0.1) is 0 Å². The van der Waals surface area contributed by atoms with Crippen LogP contribution >= 0.6 is 12.4 Å². The predicted molar refractivity (Wildman–Crippen MR) is 99.1 cm³/mol. The van der Waals surface area contributed by atoms with E-state index in [0.717, 1.165) is 22.8 Å². The first-order valence-corrected chi connectivity index (χ1v) is 7.89. The molecule has 2 amide bonds. The van der Waals surface area contributed by atoms with Crippen molar-refractivity contribution in [2.24, 2.45) is 5.73 Å². The van der Waals surface area contributed by atoms with Crippen LogP contribution in [0.3, 0.4) is 0 Å². The van der Waals surface area contributed by atoms with E-state index in [2.05, 4.69) is 10.6 Å². The van der Waals surface area contributed by atoms with Crippen LogP contribution in [0.2, 0.25) is 0 Å². The number of hydrogen-bond acceptors (Lipinski definition) is 3. The van der Waals surface area contributed by atoms with E-state index in [1.807, 2.05) is 49.4 Å².